The molecule has 0 bridgehead atoms. The Labute approximate surface area is 151 Å². The van der Waals surface area contributed by atoms with Crippen LogP contribution in [0.4, 0.5) is 10.8 Å². The molecule has 3 aromatic heterocycles. The summed E-state index contributed by atoms with van der Waals surface area (Å²) in [4.78, 5) is 21.0. The minimum Gasteiger partial charge on any atom is -0.330 e. The summed E-state index contributed by atoms with van der Waals surface area (Å²) >= 11 is 1.32. The third-order valence-corrected chi connectivity index (χ3v) is 4.84. The Kier molecular flexibility index (Phi) is 3.29. The first-order chi connectivity index (χ1) is 12.8. The zero-order valence-electron chi connectivity index (χ0n) is 13.4. The number of nitrogens with zero attached hydrogens (tertiary/aromatic N) is 5. The molecule has 2 aromatic carbocycles. The normalized spacial score (nSPS) is 11.2. The van der Waals surface area contributed by atoms with Gasteiger partial charge in [0.05, 0.1) is 11.0 Å². The molecule has 0 aliphatic heterocycles. The maximum absolute atomic E-state index is 11.8. The Morgan fingerprint density at radius 3 is 2.73 bits per heavy atom. The Bertz CT molecular complexity index is 1290. The lowest BCUT2D eigenvalue weighted by Crippen LogP contribution is -2.12. The van der Waals surface area contributed by atoms with Crippen LogP contribution in [0.2, 0.25) is 0 Å². The quantitative estimate of drug-likeness (QED) is 0.534. The van der Waals surface area contributed by atoms with Crippen molar-refractivity contribution < 1.29 is 0 Å². The van der Waals surface area contributed by atoms with Crippen LogP contribution in [0.25, 0.3) is 21.7 Å². The number of benzene rings is 2. The molecule has 0 saturated heterocycles. The summed E-state index contributed by atoms with van der Waals surface area (Å²) in [6.45, 7) is 0. The van der Waals surface area contributed by atoms with E-state index in [1.54, 1.807) is 0 Å². The van der Waals surface area contributed by atoms with E-state index < -0.39 is 0 Å². The average molecular weight is 360 g/mol. The summed E-state index contributed by atoms with van der Waals surface area (Å²) in [5.74, 6) is 0. The number of nitrogens with one attached hydrogen (secondary N) is 1. The summed E-state index contributed by atoms with van der Waals surface area (Å²) in [7, 11) is 0. The van der Waals surface area contributed by atoms with Crippen LogP contribution in [0, 0.1) is 0 Å². The molecule has 0 atom stereocenters. The fraction of sp³-hybridized carbons (Fsp3) is 0. The molecule has 0 amide bonds. The van der Waals surface area contributed by atoms with E-state index in [-0.39, 0.29) is 5.56 Å². The topological polar surface area (TPSA) is 77.1 Å². The van der Waals surface area contributed by atoms with Gasteiger partial charge in [0.1, 0.15) is 6.33 Å². The molecule has 0 saturated carbocycles. The van der Waals surface area contributed by atoms with Gasteiger partial charge >= 0.3 is 0 Å². The Morgan fingerprint density at radius 1 is 1.00 bits per heavy atom. The molecule has 0 spiro atoms. The van der Waals surface area contributed by atoms with Gasteiger partial charge in [-0.3, -0.25) is 9.36 Å². The molecule has 5 rings (SSSR count). The second-order valence-corrected chi connectivity index (χ2v) is 6.62. The molecular weight excluding hydrogens is 348 g/mol. The van der Waals surface area contributed by atoms with Gasteiger partial charge in [-0.15, -0.1) is 5.10 Å². The fourth-order valence-corrected chi connectivity index (χ4v) is 3.60. The fourth-order valence-electron chi connectivity index (χ4n) is 2.80. The highest BCUT2D eigenvalue weighted by Crippen LogP contribution is 2.25. The summed E-state index contributed by atoms with van der Waals surface area (Å²) in [5.41, 5.74) is 3.60. The number of rotatable bonds is 3. The number of para-hydroxylation sites is 1. The van der Waals surface area contributed by atoms with Crippen LogP contribution in [-0.2, 0) is 0 Å². The van der Waals surface area contributed by atoms with Crippen molar-refractivity contribution in [3.05, 3.63) is 77.5 Å². The number of aromatic nitrogens is 5. The zero-order chi connectivity index (χ0) is 17.5. The minimum absolute atomic E-state index is 0.198. The highest BCUT2D eigenvalue weighted by atomic mass is 32.1. The zero-order valence-corrected chi connectivity index (χ0v) is 14.2. The molecule has 5 aromatic rings. The number of anilines is 2. The van der Waals surface area contributed by atoms with Crippen LogP contribution >= 0.6 is 11.3 Å². The van der Waals surface area contributed by atoms with E-state index in [0.717, 1.165) is 22.4 Å². The van der Waals surface area contributed by atoms with Gasteiger partial charge in [-0.25, -0.2) is 9.97 Å². The van der Waals surface area contributed by atoms with Crippen LogP contribution in [0.5, 0.6) is 0 Å². The van der Waals surface area contributed by atoms with Crippen LogP contribution < -0.4 is 10.9 Å². The van der Waals surface area contributed by atoms with Gasteiger partial charge in [0.15, 0.2) is 0 Å². The summed E-state index contributed by atoms with van der Waals surface area (Å²) < 4.78 is 3.33. The lowest BCUT2D eigenvalue weighted by molar-refractivity contribution is 0.903. The van der Waals surface area contributed by atoms with Gasteiger partial charge in [-0.1, -0.05) is 29.5 Å². The van der Waals surface area contributed by atoms with Crippen molar-refractivity contribution in [3.8, 4) is 5.69 Å². The van der Waals surface area contributed by atoms with Crippen molar-refractivity contribution in [1.82, 2.24) is 24.1 Å². The van der Waals surface area contributed by atoms with Gasteiger partial charge in [-0.05, 0) is 30.3 Å². The second-order valence-electron chi connectivity index (χ2n) is 5.66. The Morgan fingerprint density at radius 2 is 1.88 bits per heavy atom. The molecule has 1 N–H and O–H groups in total. The first-order valence-electron chi connectivity index (χ1n) is 7.92. The maximum Gasteiger partial charge on any atom is 0.275 e. The van der Waals surface area contributed by atoms with Crippen LogP contribution in [-0.4, -0.2) is 24.1 Å². The standard InChI is InChI=1S/C18H12N6OS/c25-16-8-9-19-18-24(16)22-17(26-18)21-12-6-7-15-14(10-12)20-11-23(15)13-4-2-1-3-5-13/h1-11H,(H,21,22). The largest absolute Gasteiger partial charge is 0.330 e. The van der Waals surface area contributed by atoms with E-state index in [1.807, 2.05) is 59.4 Å². The van der Waals surface area contributed by atoms with E-state index in [0.29, 0.717) is 10.1 Å². The van der Waals surface area contributed by atoms with E-state index >= 15 is 0 Å². The molecule has 26 heavy (non-hydrogen) atoms. The lowest BCUT2D eigenvalue weighted by atomic mass is 10.2. The predicted octanol–water partition coefficient (Wildman–Crippen LogP) is 3.23. The van der Waals surface area contributed by atoms with Crippen molar-refractivity contribution in [2.75, 3.05) is 5.32 Å². The third kappa shape index (κ3) is 2.44. The van der Waals surface area contributed by atoms with Gasteiger partial charge in [-0.2, -0.15) is 4.52 Å². The lowest BCUT2D eigenvalue weighted by Gasteiger charge is -2.05. The van der Waals surface area contributed by atoms with Crippen molar-refractivity contribution >= 4 is 38.2 Å². The molecule has 0 aliphatic carbocycles. The number of imidazole rings is 1. The molecule has 3 heterocycles. The Balaban J connectivity index is 1.52. The summed E-state index contributed by atoms with van der Waals surface area (Å²) in [6.07, 6.45) is 3.30. The van der Waals surface area contributed by atoms with E-state index in [4.69, 9.17) is 0 Å². The molecule has 0 radical (unpaired) electrons. The van der Waals surface area contributed by atoms with Crippen LogP contribution in [0.15, 0.2) is 71.9 Å². The maximum atomic E-state index is 11.8. The van der Waals surface area contributed by atoms with Crippen molar-refractivity contribution in [2.24, 2.45) is 0 Å². The Hall–Kier alpha value is -3.52. The average Bonchev–Trinajstić information content (AvgIpc) is 3.27. The van der Waals surface area contributed by atoms with E-state index in [1.165, 1.54) is 28.1 Å². The minimum atomic E-state index is -0.198. The second kappa shape index (κ2) is 5.78. The van der Waals surface area contributed by atoms with Gasteiger partial charge in [0.2, 0.25) is 10.1 Å². The molecule has 8 heteroatoms. The van der Waals surface area contributed by atoms with Gasteiger partial charge < -0.3 is 5.32 Å². The number of hydrogen-bond acceptors (Lipinski definition) is 6. The first-order valence-corrected chi connectivity index (χ1v) is 8.74. The molecule has 0 fully saturated rings. The van der Waals surface area contributed by atoms with E-state index in [2.05, 4.69) is 20.4 Å². The highest BCUT2D eigenvalue weighted by Gasteiger charge is 2.09. The van der Waals surface area contributed by atoms with E-state index in [9.17, 15) is 4.79 Å². The molecule has 126 valence electrons. The van der Waals surface area contributed by atoms with Crippen molar-refractivity contribution in [1.29, 1.82) is 0 Å². The number of hydrogen-bond donors (Lipinski definition) is 1. The predicted molar refractivity (Wildman–Crippen MR) is 101 cm³/mol. The van der Waals surface area contributed by atoms with Gasteiger partial charge in [0, 0.05) is 23.6 Å². The monoisotopic (exact) mass is 360 g/mol. The number of fused-ring (bicyclic) bond motifs is 2. The third-order valence-electron chi connectivity index (χ3n) is 4.00. The highest BCUT2D eigenvalue weighted by molar-refractivity contribution is 7.20. The van der Waals surface area contributed by atoms with Crippen molar-refractivity contribution in [2.45, 2.75) is 0 Å². The molecule has 0 unspecified atom stereocenters. The smallest absolute Gasteiger partial charge is 0.275 e. The first kappa shape index (κ1) is 14.8. The van der Waals surface area contributed by atoms with Crippen LogP contribution in [0.3, 0.4) is 0 Å². The molecule has 0 aliphatic rings. The van der Waals surface area contributed by atoms with Gasteiger partial charge in [0.25, 0.3) is 5.56 Å². The van der Waals surface area contributed by atoms with Crippen LogP contribution in [0.1, 0.15) is 0 Å². The SMILES string of the molecule is O=c1ccnc2sc(Nc3ccc4c(c3)ncn4-c3ccccc3)nn12. The molecular formula is C18H12N6OS. The summed E-state index contributed by atoms with van der Waals surface area (Å²) in [6, 6.07) is 17.4. The van der Waals surface area contributed by atoms with Crippen molar-refractivity contribution in [3.63, 3.8) is 0 Å². The molecule has 7 nitrogen and oxygen atoms in total. The summed E-state index contributed by atoms with van der Waals surface area (Å²) in [5, 5.41) is 8.08.